The number of carbonyl (C=O) groups is 2. The number of carbonyl (C=O) groups excluding carboxylic acids is 2. The molecule has 5 heteroatoms. The van der Waals surface area contributed by atoms with Crippen LogP contribution in [0, 0.1) is 0 Å². The molecule has 172 valence electrons. The summed E-state index contributed by atoms with van der Waals surface area (Å²) in [6.07, 6.45) is 5.18. The van der Waals surface area contributed by atoms with E-state index in [-0.39, 0.29) is 5.91 Å². The highest BCUT2D eigenvalue weighted by Gasteiger charge is 2.10. The molecular weight excluding hydrogens is 414 g/mol. The van der Waals surface area contributed by atoms with Crippen LogP contribution in [0.1, 0.15) is 51.1 Å². The first-order chi connectivity index (χ1) is 16.2. The summed E-state index contributed by atoms with van der Waals surface area (Å²) in [6.45, 7) is 1.22. The van der Waals surface area contributed by atoms with E-state index < -0.39 is 5.97 Å². The lowest BCUT2D eigenvalue weighted by atomic mass is 10.1. The molecule has 0 unspecified atom stereocenters. The van der Waals surface area contributed by atoms with Crippen LogP contribution in [-0.2, 0) is 17.6 Å². The highest BCUT2D eigenvalue weighted by molar-refractivity contribution is 5.97. The van der Waals surface area contributed by atoms with E-state index in [1.807, 2.05) is 30.3 Å². The van der Waals surface area contributed by atoms with Crippen molar-refractivity contribution >= 4 is 11.9 Å². The molecule has 1 amide bonds. The van der Waals surface area contributed by atoms with Gasteiger partial charge in [0.1, 0.15) is 5.75 Å². The highest BCUT2D eigenvalue weighted by Crippen LogP contribution is 2.14. The van der Waals surface area contributed by atoms with Crippen molar-refractivity contribution < 1.29 is 19.1 Å². The molecule has 3 aromatic rings. The van der Waals surface area contributed by atoms with E-state index in [0.717, 1.165) is 37.2 Å². The summed E-state index contributed by atoms with van der Waals surface area (Å²) in [5, 5.41) is 2.89. The average Bonchev–Trinajstić information content (AvgIpc) is 2.87. The van der Waals surface area contributed by atoms with Crippen LogP contribution in [-0.4, -0.2) is 32.1 Å². The summed E-state index contributed by atoms with van der Waals surface area (Å²) in [6, 6.07) is 25.1. The van der Waals surface area contributed by atoms with Crippen LogP contribution in [0.2, 0.25) is 0 Å². The van der Waals surface area contributed by atoms with Crippen molar-refractivity contribution in [1.29, 1.82) is 0 Å². The molecule has 0 heterocycles. The van der Waals surface area contributed by atoms with E-state index in [4.69, 9.17) is 9.47 Å². The van der Waals surface area contributed by atoms with Gasteiger partial charge in [0.2, 0.25) is 0 Å². The zero-order valence-corrected chi connectivity index (χ0v) is 19.1. The molecule has 3 aromatic carbocycles. The largest absolute Gasteiger partial charge is 0.494 e. The minimum Gasteiger partial charge on any atom is -0.494 e. The van der Waals surface area contributed by atoms with Gasteiger partial charge >= 0.3 is 5.97 Å². The summed E-state index contributed by atoms with van der Waals surface area (Å²) in [5.41, 5.74) is 3.30. The lowest BCUT2D eigenvalue weighted by Gasteiger charge is -2.09. The number of aryl methyl sites for hydroxylation is 1. The molecule has 33 heavy (non-hydrogen) atoms. The maximum atomic E-state index is 12.3. The molecule has 3 rings (SSSR count). The Hall–Kier alpha value is -3.60. The fourth-order valence-corrected chi connectivity index (χ4v) is 3.52. The van der Waals surface area contributed by atoms with Crippen molar-refractivity contribution in [2.45, 2.75) is 32.1 Å². The number of rotatable bonds is 12. The molecule has 0 radical (unpaired) electrons. The number of hydrogen-bond acceptors (Lipinski definition) is 4. The second-order valence-electron chi connectivity index (χ2n) is 7.87. The number of benzene rings is 3. The van der Waals surface area contributed by atoms with Crippen molar-refractivity contribution in [1.82, 2.24) is 5.32 Å². The summed E-state index contributed by atoms with van der Waals surface area (Å²) < 4.78 is 10.5. The van der Waals surface area contributed by atoms with E-state index in [0.29, 0.717) is 24.1 Å². The minimum atomic E-state index is -0.459. The van der Waals surface area contributed by atoms with E-state index in [1.165, 1.54) is 25.2 Å². The number of hydrogen-bond donors (Lipinski definition) is 1. The van der Waals surface area contributed by atoms with Crippen molar-refractivity contribution in [3.8, 4) is 5.75 Å². The highest BCUT2D eigenvalue weighted by atomic mass is 16.5. The quantitative estimate of drug-likeness (QED) is 0.306. The lowest BCUT2D eigenvalue weighted by Crippen LogP contribution is -2.25. The van der Waals surface area contributed by atoms with Gasteiger partial charge in [0.05, 0.1) is 19.3 Å². The molecule has 0 aromatic heterocycles. The van der Waals surface area contributed by atoms with Gasteiger partial charge in [0.15, 0.2) is 0 Å². The molecule has 0 aliphatic carbocycles. The average molecular weight is 446 g/mol. The molecule has 5 nitrogen and oxygen atoms in total. The fourth-order valence-electron chi connectivity index (χ4n) is 3.52. The van der Waals surface area contributed by atoms with Crippen molar-refractivity contribution in [2.24, 2.45) is 0 Å². The van der Waals surface area contributed by atoms with Crippen LogP contribution in [0.5, 0.6) is 5.75 Å². The molecule has 0 spiro atoms. The first-order valence-corrected chi connectivity index (χ1v) is 11.4. The standard InChI is InChI=1S/C28H31NO4/c1-32-28(31)25-13-8-12-24(21-25)27(30)29-19-18-23-14-16-26(17-15-23)33-20-7-3-6-11-22-9-4-2-5-10-22/h2,4-5,8-10,12-17,21H,3,6-7,11,18-20H2,1H3,(H,29,30). The second kappa shape index (κ2) is 13.1. The predicted molar refractivity (Wildman–Crippen MR) is 130 cm³/mol. The number of methoxy groups -OCH3 is 1. The third-order valence-corrected chi connectivity index (χ3v) is 5.39. The summed E-state index contributed by atoms with van der Waals surface area (Å²) in [7, 11) is 1.32. The normalized spacial score (nSPS) is 10.5. The van der Waals surface area contributed by atoms with E-state index in [9.17, 15) is 9.59 Å². The van der Waals surface area contributed by atoms with Crippen LogP contribution in [0.25, 0.3) is 0 Å². The third-order valence-electron chi connectivity index (χ3n) is 5.39. The summed E-state index contributed by atoms with van der Waals surface area (Å²) >= 11 is 0. The van der Waals surface area contributed by atoms with Gasteiger partial charge in [0.25, 0.3) is 5.91 Å². The molecule has 0 aliphatic heterocycles. The maximum Gasteiger partial charge on any atom is 0.337 e. The Balaban J connectivity index is 1.32. The van der Waals surface area contributed by atoms with Crippen molar-refractivity contribution in [3.63, 3.8) is 0 Å². The Labute approximate surface area is 195 Å². The molecule has 1 N–H and O–H groups in total. The molecular formula is C28H31NO4. The van der Waals surface area contributed by atoms with Gasteiger partial charge in [-0.15, -0.1) is 0 Å². The first-order valence-electron chi connectivity index (χ1n) is 11.4. The molecule has 0 fully saturated rings. The van der Waals surface area contributed by atoms with Gasteiger partial charge in [-0.05, 0) is 73.6 Å². The van der Waals surface area contributed by atoms with Crippen LogP contribution in [0.15, 0.2) is 78.9 Å². The Bertz CT molecular complexity index is 1020. The Morgan fingerprint density at radius 2 is 1.48 bits per heavy atom. The van der Waals surface area contributed by atoms with E-state index >= 15 is 0 Å². The Morgan fingerprint density at radius 1 is 0.758 bits per heavy atom. The molecule has 0 aliphatic rings. The Kier molecular flexibility index (Phi) is 9.52. The number of nitrogens with one attached hydrogen (secondary N) is 1. The zero-order valence-electron chi connectivity index (χ0n) is 19.1. The maximum absolute atomic E-state index is 12.3. The minimum absolute atomic E-state index is 0.215. The van der Waals surface area contributed by atoms with E-state index in [2.05, 4.69) is 29.6 Å². The molecule has 0 saturated heterocycles. The SMILES string of the molecule is COC(=O)c1cccc(C(=O)NCCc2ccc(OCCCCCc3ccccc3)cc2)c1. The predicted octanol–water partition coefficient (Wildman–Crippen LogP) is 5.24. The Morgan fingerprint density at radius 3 is 2.24 bits per heavy atom. The zero-order chi connectivity index (χ0) is 23.3. The summed E-state index contributed by atoms with van der Waals surface area (Å²) in [5.74, 6) is 0.192. The van der Waals surface area contributed by atoms with Gasteiger partial charge in [0, 0.05) is 12.1 Å². The van der Waals surface area contributed by atoms with Gasteiger partial charge in [-0.1, -0.05) is 48.5 Å². The van der Waals surface area contributed by atoms with Crippen molar-refractivity contribution in [2.75, 3.05) is 20.3 Å². The van der Waals surface area contributed by atoms with Gasteiger partial charge in [-0.3, -0.25) is 4.79 Å². The summed E-state index contributed by atoms with van der Waals surface area (Å²) in [4.78, 5) is 24.0. The first kappa shape index (κ1) is 24.1. The van der Waals surface area contributed by atoms with Gasteiger partial charge in [-0.25, -0.2) is 4.79 Å². The number of amides is 1. The number of esters is 1. The van der Waals surface area contributed by atoms with Gasteiger partial charge < -0.3 is 14.8 Å². The van der Waals surface area contributed by atoms with Crippen LogP contribution < -0.4 is 10.1 Å². The lowest BCUT2D eigenvalue weighted by molar-refractivity contribution is 0.0600. The second-order valence-corrected chi connectivity index (χ2v) is 7.87. The van der Waals surface area contributed by atoms with Crippen LogP contribution in [0.4, 0.5) is 0 Å². The van der Waals surface area contributed by atoms with Gasteiger partial charge in [-0.2, -0.15) is 0 Å². The topological polar surface area (TPSA) is 64.6 Å². The van der Waals surface area contributed by atoms with Crippen LogP contribution >= 0.6 is 0 Å². The van der Waals surface area contributed by atoms with E-state index in [1.54, 1.807) is 18.2 Å². The monoisotopic (exact) mass is 445 g/mol. The van der Waals surface area contributed by atoms with Crippen LogP contribution in [0.3, 0.4) is 0 Å². The number of ether oxygens (including phenoxy) is 2. The molecule has 0 saturated carbocycles. The number of unbranched alkanes of at least 4 members (excludes halogenated alkanes) is 2. The molecule has 0 atom stereocenters. The smallest absolute Gasteiger partial charge is 0.337 e. The third kappa shape index (κ3) is 8.11. The fraction of sp³-hybridized carbons (Fsp3) is 0.286. The van der Waals surface area contributed by atoms with Crippen molar-refractivity contribution in [3.05, 3.63) is 101 Å². The molecule has 0 bridgehead atoms.